The summed E-state index contributed by atoms with van der Waals surface area (Å²) in [6, 6.07) is 2.54. The lowest BCUT2D eigenvalue weighted by Crippen LogP contribution is -2.40. The number of rotatable bonds is 6. The molecule has 0 radical (unpaired) electrons. The van der Waals surface area contributed by atoms with Gasteiger partial charge in [0.25, 0.3) is 0 Å². The Morgan fingerprint density at radius 2 is 2.22 bits per heavy atom. The van der Waals surface area contributed by atoms with E-state index < -0.39 is 17.9 Å². The van der Waals surface area contributed by atoms with Crippen molar-refractivity contribution in [3.05, 3.63) is 30.2 Å². The van der Waals surface area contributed by atoms with Crippen LogP contribution in [0, 0.1) is 5.92 Å². The minimum absolute atomic E-state index is 0.195. The first-order valence-electron chi connectivity index (χ1n) is 5.74. The Morgan fingerprint density at radius 1 is 1.50 bits per heavy atom. The molecule has 1 aromatic heterocycles. The van der Waals surface area contributed by atoms with E-state index in [0.29, 0.717) is 12.2 Å². The molecule has 0 fully saturated rings. The smallest absolute Gasteiger partial charge is 0.326 e. The summed E-state index contributed by atoms with van der Waals surface area (Å²) < 4.78 is 5.02. The lowest BCUT2D eigenvalue weighted by molar-refractivity contribution is -0.141. The van der Waals surface area contributed by atoms with E-state index in [0.717, 1.165) is 0 Å². The van der Waals surface area contributed by atoms with E-state index in [4.69, 9.17) is 9.52 Å². The fourth-order valence-electron chi connectivity index (χ4n) is 1.46. The summed E-state index contributed by atoms with van der Waals surface area (Å²) >= 11 is 0. The summed E-state index contributed by atoms with van der Waals surface area (Å²) in [5.74, 6) is -0.732. The van der Waals surface area contributed by atoms with Crippen LogP contribution in [0.15, 0.2) is 28.9 Å². The summed E-state index contributed by atoms with van der Waals surface area (Å²) in [7, 11) is 0. The van der Waals surface area contributed by atoms with Gasteiger partial charge >= 0.3 is 5.97 Å². The lowest BCUT2D eigenvalue weighted by atomic mass is 10.0. The third-order valence-corrected chi connectivity index (χ3v) is 2.26. The predicted molar refractivity (Wildman–Crippen MR) is 66.8 cm³/mol. The minimum atomic E-state index is -1.02. The molecular weight excluding hydrogens is 234 g/mol. The summed E-state index contributed by atoms with van der Waals surface area (Å²) in [5, 5.41) is 11.4. The van der Waals surface area contributed by atoms with Gasteiger partial charge in [-0.1, -0.05) is 13.8 Å². The molecule has 0 aromatic carbocycles. The normalized spacial score (nSPS) is 12.8. The topological polar surface area (TPSA) is 79.5 Å². The number of carbonyl (C=O) groups excluding carboxylic acids is 1. The lowest BCUT2D eigenvalue weighted by Gasteiger charge is -2.15. The first-order valence-corrected chi connectivity index (χ1v) is 5.74. The van der Waals surface area contributed by atoms with Gasteiger partial charge in [-0.2, -0.15) is 0 Å². The monoisotopic (exact) mass is 251 g/mol. The van der Waals surface area contributed by atoms with Crippen molar-refractivity contribution in [3.63, 3.8) is 0 Å². The Balaban J connectivity index is 2.53. The Morgan fingerprint density at radius 3 is 2.72 bits per heavy atom. The van der Waals surface area contributed by atoms with Crippen molar-refractivity contribution in [2.45, 2.75) is 26.3 Å². The number of hydrogen-bond acceptors (Lipinski definition) is 3. The largest absolute Gasteiger partial charge is 0.480 e. The maximum atomic E-state index is 11.5. The quantitative estimate of drug-likeness (QED) is 0.757. The number of carboxylic acid groups (broad SMARTS) is 1. The van der Waals surface area contributed by atoms with Crippen molar-refractivity contribution in [2.75, 3.05) is 0 Å². The third-order valence-electron chi connectivity index (χ3n) is 2.26. The second kappa shape index (κ2) is 6.64. The molecule has 0 bridgehead atoms. The summed E-state index contributed by atoms with van der Waals surface area (Å²) in [5.41, 5.74) is 0. The van der Waals surface area contributed by atoms with Crippen molar-refractivity contribution in [1.29, 1.82) is 0 Å². The molecule has 18 heavy (non-hydrogen) atoms. The Labute approximate surface area is 105 Å². The molecule has 98 valence electrons. The fraction of sp³-hybridized carbons (Fsp3) is 0.385. The highest BCUT2D eigenvalue weighted by Crippen LogP contribution is 2.06. The van der Waals surface area contributed by atoms with E-state index in [2.05, 4.69) is 5.32 Å². The van der Waals surface area contributed by atoms with Crippen molar-refractivity contribution < 1.29 is 19.1 Å². The molecule has 1 atom stereocenters. The highest BCUT2D eigenvalue weighted by atomic mass is 16.4. The van der Waals surface area contributed by atoms with Crippen LogP contribution in [-0.2, 0) is 9.59 Å². The van der Waals surface area contributed by atoms with Crippen LogP contribution in [0.4, 0.5) is 0 Å². The van der Waals surface area contributed by atoms with Crippen LogP contribution in [0.3, 0.4) is 0 Å². The molecule has 1 heterocycles. The Bertz CT molecular complexity index is 420. The van der Waals surface area contributed by atoms with Crippen LogP contribution in [0.2, 0.25) is 0 Å². The maximum Gasteiger partial charge on any atom is 0.326 e. The van der Waals surface area contributed by atoms with Gasteiger partial charge in [-0.15, -0.1) is 0 Å². The van der Waals surface area contributed by atoms with E-state index >= 15 is 0 Å². The van der Waals surface area contributed by atoms with Crippen LogP contribution in [0.25, 0.3) is 6.08 Å². The number of aliphatic carboxylic acids is 1. The first kappa shape index (κ1) is 14.0. The molecule has 1 rings (SSSR count). The van der Waals surface area contributed by atoms with Gasteiger partial charge in [0.2, 0.25) is 5.91 Å². The van der Waals surface area contributed by atoms with Gasteiger partial charge in [0, 0.05) is 6.08 Å². The Kier molecular flexibility index (Phi) is 5.17. The van der Waals surface area contributed by atoms with E-state index in [9.17, 15) is 9.59 Å². The third kappa shape index (κ3) is 4.86. The summed E-state index contributed by atoms with van der Waals surface area (Å²) in [6.07, 6.45) is 4.64. The molecule has 1 unspecified atom stereocenters. The van der Waals surface area contributed by atoms with Gasteiger partial charge in [-0.3, -0.25) is 4.79 Å². The zero-order chi connectivity index (χ0) is 13.5. The SMILES string of the molecule is CC(C)CC(NC(=O)/C=C/c1ccco1)C(=O)O. The van der Waals surface area contributed by atoms with E-state index in [1.165, 1.54) is 18.4 Å². The molecule has 5 heteroatoms. The maximum absolute atomic E-state index is 11.5. The van der Waals surface area contributed by atoms with E-state index in [1.54, 1.807) is 12.1 Å². The molecule has 0 spiro atoms. The number of carbonyl (C=O) groups is 2. The van der Waals surface area contributed by atoms with Crippen LogP contribution in [0.5, 0.6) is 0 Å². The van der Waals surface area contributed by atoms with Gasteiger partial charge < -0.3 is 14.8 Å². The van der Waals surface area contributed by atoms with Crippen molar-refractivity contribution in [3.8, 4) is 0 Å². The van der Waals surface area contributed by atoms with Gasteiger partial charge in [-0.25, -0.2) is 4.79 Å². The van der Waals surface area contributed by atoms with Crippen LogP contribution in [0.1, 0.15) is 26.0 Å². The fourth-order valence-corrected chi connectivity index (χ4v) is 1.46. The van der Waals surface area contributed by atoms with Gasteiger partial charge in [0.1, 0.15) is 11.8 Å². The van der Waals surface area contributed by atoms with Gasteiger partial charge in [0.05, 0.1) is 6.26 Å². The van der Waals surface area contributed by atoms with Crippen molar-refractivity contribution in [2.24, 2.45) is 5.92 Å². The number of amides is 1. The average Bonchev–Trinajstić information content (AvgIpc) is 2.77. The van der Waals surface area contributed by atoms with Crippen molar-refractivity contribution in [1.82, 2.24) is 5.32 Å². The first-order chi connectivity index (χ1) is 8.49. The molecule has 0 aliphatic carbocycles. The number of furan rings is 1. The molecule has 1 aromatic rings. The Hall–Kier alpha value is -2.04. The minimum Gasteiger partial charge on any atom is -0.480 e. The molecule has 0 saturated heterocycles. The molecule has 1 amide bonds. The van der Waals surface area contributed by atoms with Gasteiger partial charge in [-0.05, 0) is 30.5 Å². The van der Waals surface area contributed by atoms with Crippen molar-refractivity contribution >= 4 is 18.0 Å². The number of carboxylic acids is 1. The predicted octanol–water partition coefficient (Wildman–Crippen LogP) is 1.91. The second-order valence-corrected chi connectivity index (χ2v) is 4.38. The van der Waals surface area contributed by atoms with Crippen LogP contribution in [-0.4, -0.2) is 23.0 Å². The highest BCUT2D eigenvalue weighted by Gasteiger charge is 2.19. The zero-order valence-corrected chi connectivity index (χ0v) is 10.4. The van der Waals surface area contributed by atoms with Crippen LogP contribution >= 0.6 is 0 Å². The van der Waals surface area contributed by atoms with Crippen LogP contribution < -0.4 is 5.32 Å². The molecular formula is C13H17NO4. The average molecular weight is 251 g/mol. The molecule has 2 N–H and O–H groups in total. The number of nitrogens with one attached hydrogen (secondary N) is 1. The summed E-state index contributed by atoms with van der Waals surface area (Å²) in [6.45, 7) is 3.81. The van der Waals surface area contributed by atoms with E-state index in [1.807, 2.05) is 13.8 Å². The van der Waals surface area contributed by atoms with Gasteiger partial charge in [0.15, 0.2) is 0 Å². The molecule has 0 aliphatic rings. The summed E-state index contributed by atoms with van der Waals surface area (Å²) in [4.78, 5) is 22.5. The standard InChI is InChI=1S/C13H17NO4/c1-9(2)8-11(13(16)17)14-12(15)6-5-10-4-3-7-18-10/h3-7,9,11H,8H2,1-2H3,(H,14,15)(H,16,17)/b6-5+. The molecule has 5 nitrogen and oxygen atoms in total. The number of hydrogen-bond donors (Lipinski definition) is 2. The molecule has 0 aliphatic heterocycles. The zero-order valence-electron chi connectivity index (χ0n) is 10.4. The molecule has 0 saturated carbocycles. The van der Waals surface area contributed by atoms with E-state index in [-0.39, 0.29) is 5.92 Å². The second-order valence-electron chi connectivity index (χ2n) is 4.38. The highest BCUT2D eigenvalue weighted by molar-refractivity contribution is 5.94.